The summed E-state index contributed by atoms with van der Waals surface area (Å²) in [6.07, 6.45) is 5.21. The summed E-state index contributed by atoms with van der Waals surface area (Å²) >= 11 is 0. The summed E-state index contributed by atoms with van der Waals surface area (Å²) in [5, 5.41) is 9.18. The lowest BCUT2D eigenvalue weighted by molar-refractivity contribution is 0.0696. The summed E-state index contributed by atoms with van der Waals surface area (Å²) in [6.45, 7) is 1.78. The van der Waals surface area contributed by atoms with Crippen LogP contribution in [0, 0.1) is 6.92 Å². The third kappa shape index (κ3) is 4.35. The van der Waals surface area contributed by atoms with Gasteiger partial charge < -0.3 is 10.8 Å². The second-order valence-corrected chi connectivity index (χ2v) is 5.72. The van der Waals surface area contributed by atoms with Crippen molar-refractivity contribution in [2.24, 2.45) is 0 Å². The highest BCUT2D eigenvalue weighted by molar-refractivity contribution is 5.90. The first-order valence-electron chi connectivity index (χ1n) is 7.74. The number of nitrogens with two attached hydrogens (primary N) is 1. The molecule has 0 saturated carbocycles. The molecule has 0 amide bonds. The lowest BCUT2D eigenvalue weighted by Gasteiger charge is -2.10. The largest absolute Gasteiger partial charge is 0.478 e. The minimum absolute atomic E-state index is 0.355. The molecule has 0 aliphatic rings. The molecule has 2 aromatic rings. The van der Waals surface area contributed by atoms with E-state index < -0.39 is 5.97 Å². The number of carboxylic acid groups (broad SMARTS) is 1. The van der Waals surface area contributed by atoms with E-state index in [4.69, 9.17) is 5.73 Å². The van der Waals surface area contributed by atoms with E-state index in [1.165, 1.54) is 5.56 Å². The smallest absolute Gasteiger partial charge is 0.335 e. The van der Waals surface area contributed by atoms with Crippen LogP contribution >= 0.6 is 0 Å². The fraction of sp³-hybridized carbons (Fsp3) is 0.316. The molecule has 3 N–H and O–H groups in total. The average molecular weight is 297 g/mol. The molecule has 0 spiro atoms. The fourth-order valence-electron chi connectivity index (χ4n) is 2.69. The maximum Gasteiger partial charge on any atom is 0.335 e. The van der Waals surface area contributed by atoms with Crippen molar-refractivity contribution >= 4 is 11.7 Å². The second-order valence-electron chi connectivity index (χ2n) is 5.72. The van der Waals surface area contributed by atoms with Gasteiger partial charge in [0.25, 0.3) is 0 Å². The van der Waals surface area contributed by atoms with E-state index in [0.717, 1.165) is 43.2 Å². The number of carbonyl (C=O) groups is 1. The highest BCUT2D eigenvalue weighted by atomic mass is 16.4. The molecule has 0 heterocycles. The number of carboxylic acids is 1. The Morgan fingerprint density at radius 3 is 2.41 bits per heavy atom. The van der Waals surface area contributed by atoms with Crippen molar-refractivity contribution in [1.82, 2.24) is 0 Å². The van der Waals surface area contributed by atoms with Crippen molar-refractivity contribution in [1.29, 1.82) is 0 Å². The summed E-state index contributed by atoms with van der Waals surface area (Å²) in [7, 11) is 0. The van der Waals surface area contributed by atoms with E-state index in [1.807, 2.05) is 6.07 Å². The van der Waals surface area contributed by atoms with E-state index in [2.05, 4.69) is 24.3 Å². The molecule has 3 nitrogen and oxygen atoms in total. The SMILES string of the molecule is Cc1cc(N)c(CCCCCc2ccccc2)cc1C(=O)O. The van der Waals surface area contributed by atoms with Crippen LogP contribution in [-0.2, 0) is 12.8 Å². The maximum atomic E-state index is 11.2. The van der Waals surface area contributed by atoms with E-state index >= 15 is 0 Å². The Bertz CT molecular complexity index is 635. The molecule has 0 saturated heterocycles. The highest BCUT2D eigenvalue weighted by Crippen LogP contribution is 2.21. The van der Waals surface area contributed by atoms with Crippen LogP contribution in [0.1, 0.15) is 46.3 Å². The monoisotopic (exact) mass is 297 g/mol. The quantitative estimate of drug-likeness (QED) is 0.594. The van der Waals surface area contributed by atoms with Gasteiger partial charge in [-0.2, -0.15) is 0 Å². The third-order valence-corrected chi connectivity index (χ3v) is 3.97. The average Bonchev–Trinajstić information content (AvgIpc) is 2.49. The van der Waals surface area contributed by atoms with Crippen molar-refractivity contribution in [2.45, 2.75) is 39.0 Å². The van der Waals surface area contributed by atoms with Crippen molar-refractivity contribution in [3.05, 3.63) is 64.7 Å². The first-order chi connectivity index (χ1) is 10.6. The van der Waals surface area contributed by atoms with Gasteiger partial charge >= 0.3 is 5.97 Å². The van der Waals surface area contributed by atoms with Gasteiger partial charge in [-0.05, 0) is 61.4 Å². The number of hydrogen-bond donors (Lipinski definition) is 2. The van der Waals surface area contributed by atoms with Gasteiger partial charge in [0.15, 0.2) is 0 Å². The van der Waals surface area contributed by atoms with Gasteiger partial charge in [-0.25, -0.2) is 4.79 Å². The molecular formula is C19H23NO2. The van der Waals surface area contributed by atoms with Gasteiger partial charge in [0.2, 0.25) is 0 Å². The Morgan fingerprint density at radius 2 is 1.73 bits per heavy atom. The summed E-state index contributed by atoms with van der Waals surface area (Å²) in [5.41, 5.74) is 10.1. The molecule has 0 aromatic heterocycles. The minimum atomic E-state index is -0.886. The zero-order chi connectivity index (χ0) is 15.9. The predicted molar refractivity (Wildman–Crippen MR) is 90.3 cm³/mol. The maximum absolute atomic E-state index is 11.2. The van der Waals surface area contributed by atoms with Crippen molar-refractivity contribution in [3.63, 3.8) is 0 Å². The van der Waals surface area contributed by atoms with Crippen molar-refractivity contribution in [3.8, 4) is 0 Å². The van der Waals surface area contributed by atoms with Crippen LogP contribution in [0.3, 0.4) is 0 Å². The fourth-order valence-corrected chi connectivity index (χ4v) is 2.69. The topological polar surface area (TPSA) is 63.3 Å². The number of unbranched alkanes of at least 4 members (excludes halogenated alkanes) is 2. The molecule has 0 radical (unpaired) electrons. The Balaban J connectivity index is 1.84. The Morgan fingerprint density at radius 1 is 1.05 bits per heavy atom. The molecule has 0 unspecified atom stereocenters. The van der Waals surface area contributed by atoms with Crippen molar-refractivity contribution < 1.29 is 9.90 Å². The molecule has 0 atom stereocenters. The van der Waals surface area contributed by atoms with Gasteiger partial charge in [-0.3, -0.25) is 0 Å². The normalized spacial score (nSPS) is 10.6. The molecule has 2 rings (SSSR count). The lowest BCUT2D eigenvalue weighted by atomic mass is 9.98. The van der Waals surface area contributed by atoms with E-state index in [1.54, 1.807) is 19.1 Å². The molecule has 22 heavy (non-hydrogen) atoms. The zero-order valence-electron chi connectivity index (χ0n) is 13.0. The standard InChI is InChI=1S/C19H23NO2/c1-14-12-18(20)16(13-17(14)19(21)22)11-7-3-6-10-15-8-4-2-5-9-15/h2,4-5,8-9,12-13H,3,6-7,10-11,20H2,1H3,(H,21,22). The summed E-state index contributed by atoms with van der Waals surface area (Å²) < 4.78 is 0. The summed E-state index contributed by atoms with van der Waals surface area (Å²) in [4.78, 5) is 11.2. The van der Waals surface area contributed by atoms with Gasteiger partial charge in [-0.1, -0.05) is 36.8 Å². The molecule has 2 aromatic carbocycles. The number of hydrogen-bond acceptors (Lipinski definition) is 2. The third-order valence-electron chi connectivity index (χ3n) is 3.97. The molecule has 116 valence electrons. The van der Waals surface area contributed by atoms with E-state index in [-0.39, 0.29) is 0 Å². The van der Waals surface area contributed by atoms with Crippen LogP contribution < -0.4 is 5.73 Å². The lowest BCUT2D eigenvalue weighted by Crippen LogP contribution is -2.04. The number of aryl methyl sites for hydroxylation is 3. The predicted octanol–water partition coefficient (Wildman–Crippen LogP) is 4.23. The Kier molecular flexibility index (Phi) is 5.59. The van der Waals surface area contributed by atoms with Crippen LogP contribution in [0.4, 0.5) is 5.69 Å². The molecule has 0 bridgehead atoms. The van der Waals surface area contributed by atoms with Gasteiger partial charge in [0, 0.05) is 5.69 Å². The highest BCUT2D eigenvalue weighted by Gasteiger charge is 2.10. The van der Waals surface area contributed by atoms with Crippen LogP contribution in [0.15, 0.2) is 42.5 Å². The Labute approximate surface area is 131 Å². The molecule has 0 aliphatic heterocycles. The molecule has 3 heteroatoms. The van der Waals surface area contributed by atoms with Gasteiger partial charge in [0.1, 0.15) is 0 Å². The number of nitrogen functional groups attached to an aromatic ring is 1. The number of benzene rings is 2. The van der Waals surface area contributed by atoms with Crippen LogP contribution in [0.25, 0.3) is 0 Å². The van der Waals surface area contributed by atoms with Gasteiger partial charge in [0.05, 0.1) is 5.56 Å². The Hall–Kier alpha value is -2.29. The van der Waals surface area contributed by atoms with Crippen molar-refractivity contribution in [2.75, 3.05) is 5.73 Å². The van der Waals surface area contributed by atoms with Gasteiger partial charge in [-0.15, -0.1) is 0 Å². The zero-order valence-corrected chi connectivity index (χ0v) is 13.0. The number of aromatic carboxylic acids is 1. The summed E-state index contributed by atoms with van der Waals surface area (Å²) in [5.74, 6) is -0.886. The summed E-state index contributed by atoms with van der Waals surface area (Å²) in [6, 6.07) is 14.0. The van der Waals surface area contributed by atoms with E-state index in [0.29, 0.717) is 11.3 Å². The minimum Gasteiger partial charge on any atom is -0.478 e. The van der Waals surface area contributed by atoms with E-state index in [9.17, 15) is 9.90 Å². The number of anilines is 1. The second kappa shape index (κ2) is 7.64. The van der Waals surface area contributed by atoms with Crippen LogP contribution in [0.2, 0.25) is 0 Å². The molecule has 0 fully saturated rings. The first kappa shape index (κ1) is 16.1. The first-order valence-corrected chi connectivity index (χ1v) is 7.74. The molecule has 0 aliphatic carbocycles. The van der Waals surface area contributed by atoms with Crippen LogP contribution in [0.5, 0.6) is 0 Å². The van der Waals surface area contributed by atoms with Crippen LogP contribution in [-0.4, -0.2) is 11.1 Å². The number of rotatable bonds is 7. The molecular weight excluding hydrogens is 274 g/mol.